The van der Waals surface area contributed by atoms with Gasteiger partial charge in [-0.15, -0.1) is 0 Å². The van der Waals surface area contributed by atoms with Gasteiger partial charge in [0.25, 0.3) is 0 Å². The first-order valence-electron chi connectivity index (χ1n) is 6.04. The molecule has 0 atom stereocenters. The lowest BCUT2D eigenvalue weighted by atomic mass is 10.1. The summed E-state index contributed by atoms with van der Waals surface area (Å²) >= 11 is 0. The highest BCUT2D eigenvalue weighted by atomic mass is 32.2. The van der Waals surface area contributed by atoms with Gasteiger partial charge in [-0.05, 0) is 18.2 Å². The average Bonchev–Trinajstić information content (AvgIpc) is 2.45. The number of benzene rings is 2. The second-order valence-electron chi connectivity index (χ2n) is 4.18. The lowest BCUT2D eigenvalue weighted by Crippen LogP contribution is -2.19. The van der Waals surface area contributed by atoms with Crippen LogP contribution in [0.2, 0.25) is 0 Å². The smallest absolute Gasteiger partial charge is 0.370 e. The fourth-order valence-corrected chi connectivity index (χ4v) is 2.09. The molecule has 2 N–H and O–H groups in total. The van der Waals surface area contributed by atoms with Crippen molar-refractivity contribution in [2.24, 2.45) is 5.14 Å². The number of hydrogen-bond donors (Lipinski definition) is 1. The molecule has 0 aliphatic carbocycles. The fourth-order valence-electron chi connectivity index (χ4n) is 1.68. The zero-order chi connectivity index (χ0) is 15.3. The van der Waals surface area contributed by atoms with E-state index < -0.39 is 10.3 Å². The maximum atomic E-state index is 11.9. The predicted octanol–water partition coefficient (Wildman–Crippen LogP) is 2.17. The molecule has 0 radical (unpaired) electrons. The van der Waals surface area contributed by atoms with Crippen LogP contribution < -0.4 is 9.32 Å². The van der Waals surface area contributed by atoms with Gasteiger partial charge in [0, 0.05) is 11.1 Å². The number of rotatable bonds is 5. The van der Waals surface area contributed by atoms with Crippen LogP contribution in [0.5, 0.6) is 5.75 Å². The predicted molar refractivity (Wildman–Crippen MR) is 80.0 cm³/mol. The van der Waals surface area contributed by atoms with E-state index in [2.05, 4.69) is 4.18 Å². The molecule has 0 aromatic heterocycles. The van der Waals surface area contributed by atoms with Crippen LogP contribution >= 0.6 is 0 Å². The van der Waals surface area contributed by atoms with E-state index in [-0.39, 0.29) is 11.5 Å². The average molecular weight is 303 g/mol. The van der Waals surface area contributed by atoms with Crippen molar-refractivity contribution >= 4 is 22.2 Å². The van der Waals surface area contributed by atoms with Crippen LogP contribution in [-0.4, -0.2) is 14.2 Å². The Hall–Kier alpha value is -2.44. The van der Waals surface area contributed by atoms with Gasteiger partial charge in [0.05, 0.1) is 0 Å². The third-order valence-corrected chi connectivity index (χ3v) is 3.01. The molecule has 0 saturated heterocycles. The zero-order valence-electron chi connectivity index (χ0n) is 11.0. The first-order chi connectivity index (χ1) is 9.96. The van der Waals surface area contributed by atoms with E-state index in [1.165, 1.54) is 18.2 Å². The van der Waals surface area contributed by atoms with Crippen LogP contribution in [0.4, 0.5) is 0 Å². The molecule has 0 amide bonds. The van der Waals surface area contributed by atoms with Gasteiger partial charge in [-0.2, -0.15) is 13.6 Å². The minimum absolute atomic E-state index is 0.0668. The molecule has 0 aliphatic heterocycles. The van der Waals surface area contributed by atoms with Gasteiger partial charge in [-0.3, -0.25) is 4.79 Å². The summed E-state index contributed by atoms with van der Waals surface area (Å²) in [6.07, 6.45) is 2.83. The van der Waals surface area contributed by atoms with E-state index in [0.29, 0.717) is 11.1 Å². The molecule has 108 valence electrons. The highest BCUT2D eigenvalue weighted by Gasteiger charge is 2.08. The topological polar surface area (TPSA) is 86.5 Å². The van der Waals surface area contributed by atoms with Gasteiger partial charge in [-0.1, -0.05) is 48.5 Å². The Bertz CT molecular complexity index is 767. The van der Waals surface area contributed by atoms with Crippen molar-refractivity contribution in [2.75, 3.05) is 0 Å². The number of allylic oxidation sites excluding steroid dienone is 1. The van der Waals surface area contributed by atoms with Crippen molar-refractivity contribution in [3.05, 3.63) is 71.8 Å². The largest absolute Gasteiger partial charge is 0.380 e. The highest BCUT2D eigenvalue weighted by molar-refractivity contribution is 7.84. The molecule has 2 aromatic rings. The Labute approximate surface area is 122 Å². The second kappa shape index (κ2) is 6.34. The molecule has 5 nitrogen and oxygen atoms in total. The minimum Gasteiger partial charge on any atom is -0.370 e. The highest BCUT2D eigenvalue weighted by Crippen LogP contribution is 2.20. The quantitative estimate of drug-likeness (QED) is 0.677. The lowest BCUT2D eigenvalue weighted by Gasteiger charge is -2.05. The van der Waals surface area contributed by atoms with E-state index in [9.17, 15) is 13.2 Å². The lowest BCUT2D eigenvalue weighted by molar-refractivity contribution is 0.104. The third kappa shape index (κ3) is 4.55. The SMILES string of the molecule is NS(=O)(=O)Oc1ccccc1/C=C/C(=O)c1ccccc1. The molecule has 0 aliphatic rings. The summed E-state index contributed by atoms with van der Waals surface area (Å²) in [4.78, 5) is 11.9. The summed E-state index contributed by atoms with van der Waals surface area (Å²) in [5.74, 6) is -0.127. The molecule has 0 fully saturated rings. The summed E-state index contributed by atoms with van der Waals surface area (Å²) < 4.78 is 26.6. The maximum Gasteiger partial charge on any atom is 0.380 e. The van der Waals surface area contributed by atoms with Crippen molar-refractivity contribution in [3.8, 4) is 5.75 Å². The number of nitrogens with two attached hydrogens (primary N) is 1. The molecule has 0 saturated carbocycles. The van der Waals surface area contributed by atoms with E-state index in [1.54, 1.807) is 42.5 Å². The number of hydrogen-bond acceptors (Lipinski definition) is 4. The molecule has 0 unspecified atom stereocenters. The van der Waals surface area contributed by atoms with Crippen LogP contribution in [0.15, 0.2) is 60.7 Å². The van der Waals surface area contributed by atoms with Crippen LogP contribution in [-0.2, 0) is 10.3 Å². The molecular weight excluding hydrogens is 290 g/mol. The molecule has 2 rings (SSSR count). The Kier molecular flexibility index (Phi) is 4.52. The van der Waals surface area contributed by atoms with Crippen LogP contribution in [0.1, 0.15) is 15.9 Å². The Morgan fingerprint density at radius 2 is 1.62 bits per heavy atom. The molecule has 21 heavy (non-hydrogen) atoms. The van der Waals surface area contributed by atoms with Crippen molar-refractivity contribution in [2.45, 2.75) is 0 Å². The Balaban J connectivity index is 2.24. The standard InChI is InChI=1S/C15H13NO4S/c16-21(18,19)20-15-9-5-4-8-13(15)10-11-14(17)12-6-2-1-3-7-12/h1-11H,(H2,16,18,19)/b11-10+. The summed E-state index contributed by atoms with van der Waals surface area (Å²) in [6.45, 7) is 0. The third-order valence-electron chi connectivity index (χ3n) is 2.60. The van der Waals surface area contributed by atoms with Crippen LogP contribution in [0.3, 0.4) is 0 Å². The Morgan fingerprint density at radius 1 is 1.00 bits per heavy atom. The summed E-state index contributed by atoms with van der Waals surface area (Å²) in [5.41, 5.74) is 0.981. The van der Waals surface area contributed by atoms with Crippen LogP contribution in [0, 0.1) is 0 Å². The number of carbonyl (C=O) groups is 1. The summed E-state index contributed by atoms with van der Waals surface area (Å²) in [5, 5.41) is 4.84. The van der Waals surface area contributed by atoms with Crippen LogP contribution in [0.25, 0.3) is 6.08 Å². The summed E-state index contributed by atoms with van der Waals surface area (Å²) in [6, 6.07) is 15.1. The van der Waals surface area contributed by atoms with E-state index >= 15 is 0 Å². The molecule has 2 aromatic carbocycles. The molecule has 0 heterocycles. The number of ketones is 1. The first kappa shape index (κ1) is 15.0. The minimum atomic E-state index is -4.11. The number of para-hydroxylation sites is 1. The second-order valence-corrected chi connectivity index (χ2v) is 5.33. The number of carbonyl (C=O) groups excluding carboxylic acids is 1. The van der Waals surface area contributed by atoms with E-state index in [0.717, 1.165) is 0 Å². The first-order valence-corrected chi connectivity index (χ1v) is 7.51. The maximum absolute atomic E-state index is 11.9. The molecule has 0 spiro atoms. The van der Waals surface area contributed by atoms with Gasteiger partial charge in [0.1, 0.15) is 0 Å². The molecule has 6 heteroatoms. The van der Waals surface area contributed by atoms with Gasteiger partial charge >= 0.3 is 10.3 Å². The van der Waals surface area contributed by atoms with Crippen molar-refractivity contribution in [1.29, 1.82) is 0 Å². The van der Waals surface area contributed by atoms with Gasteiger partial charge in [0.15, 0.2) is 11.5 Å². The van der Waals surface area contributed by atoms with Gasteiger partial charge in [-0.25, -0.2) is 0 Å². The Morgan fingerprint density at radius 3 is 2.29 bits per heavy atom. The monoisotopic (exact) mass is 303 g/mol. The van der Waals surface area contributed by atoms with Crippen molar-refractivity contribution < 1.29 is 17.4 Å². The molecule has 0 bridgehead atoms. The summed E-state index contributed by atoms with van der Waals surface area (Å²) in [7, 11) is -4.11. The molecular formula is C15H13NO4S. The zero-order valence-corrected chi connectivity index (χ0v) is 11.8. The van der Waals surface area contributed by atoms with Gasteiger partial charge in [0.2, 0.25) is 0 Å². The van der Waals surface area contributed by atoms with Crippen molar-refractivity contribution in [1.82, 2.24) is 0 Å². The normalized spacial score (nSPS) is 11.5. The van der Waals surface area contributed by atoms with E-state index in [4.69, 9.17) is 5.14 Å². The van der Waals surface area contributed by atoms with Gasteiger partial charge < -0.3 is 4.18 Å². The van der Waals surface area contributed by atoms with E-state index in [1.807, 2.05) is 6.07 Å². The fraction of sp³-hybridized carbons (Fsp3) is 0. The van der Waals surface area contributed by atoms with Crippen molar-refractivity contribution in [3.63, 3.8) is 0 Å².